The average molecular weight is 334 g/mol. The summed E-state index contributed by atoms with van der Waals surface area (Å²) in [6.07, 6.45) is -1.90. The minimum absolute atomic E-state index is 0.251. The summed E-state index contributed by atoms with van der Waals surface area (Å²) in [5, 5.41) is 3.59. The summed E-state index contributed by atoms with van der Waals surface area (Å²) in [5.41, 5.74) is 0.607. The van der Waals surface area contributed by atoms with Crippen LogP contribution in [0.4, 0.5) is 18.3 Å². The third kappa shape index (κ3) is 4.82. The van der Waals surface area contributed by atoms with Crippen LogP contribution in [0.1, 0.15) is 26.2 Å². The van der Waals surface area contributed by atoms with Crippen LogP contribution in [0.3, 0.4) is 0 Å². The second-order valence-corrected chi connectivity index (χ2v) is 5.87. The highest BCUT2D eigenvalue weighted by atomic mass is 32.1. The summed E-state index contributed by atoms with van der Waals surface area (Å²) in [6, 6.07) is 4.06. The van der Waals surface area contributed by atoms with E-state index in [1.165, 1.54) is 29.5 Å². The minimum Gasteiger partial charge on any atom is -0.406 e. The first kappa shape index (κ1) is 16.0. The molecular formula is C13H13F3N2OS2. The maximum absolute atomic E-state index is 12.2. The first-order chi connectivity index (χ1) is 9.87. The lowest BCUT2D eigenvalue weighted by atomic mass is 10.2. The van der Waals surface area contributed by atoms with Crippen molar-refractivity contribution in [3.63, 3.8) is 0 Å². The molecule has 1 N–H and O–H groups in total. The van der Waals surface area contributed by atoms with Crippen molar-refractivity contribution in [1.29, 1.82) is 0 Å². The SMILES string of the molecule is CCCCC(=S)Nc1nc2ccc(OC(F)(F)F)cc2s1. The number of aromatic nitrogens is 1. The molecule has 0 atom stereocenters. The summed E-state index contributed by atoms with van der Waals surface area (Å²) in [7, 11) is 0. The molecule has 0 unspecified atom stereocenters. The van der Waals surface area contributed by atoms with Crippen molar-refractivity contribution in [2.24, 2.45) is 0 Å². The van der Waals surface area contributed by atoms with Gasteiger partial charge in [0.15, 0.2) is 5.13 Å². The summed E-state index contributed by atoms with van der Waals surface area (Å²) < 4.78 is 41.0. The lowest BCUT2D eigenvalue weighted by Crippen LogP contribution is -2.16. The van der Waals surface area contributed by atoms with E-state index < -0.39 is 6.36 Å². The van der Waals surface area contributed by atoms with Gasteiger partial charge in [-0.25, -0.2) is 4.98 Å². The molecule has 0 bridgehead atoms. The first-order valence-electron chi connectivity index (χ1n) is 6.33. The molecule has 0 aliphatic carbocycles. The van der Waals surface area contributed by atoms with Crippen LogP contribution in [0.5, 0.6) is 5.75 Å². The van der Waals surface area contributed by atoms with Crippen molar-refractivity contribution in [3.05, 3.63) is 18.2 Å². The molecule has 0 saturated carbocycles. The van der Waals surface area contributed by atoms with E-state index in [0.717, 1.165) is 19.3 Å². The van der Waals surface area contributed by atoms with Gasteiger partial charge in [-0.1, -0.05) is 36.9 Å². The number of nitrogens with zero attached hydrogens (tertiary/aromatic N) is 1. The van der Waals surface area contributed by atoms with E-state index in [2.05, 4.69) is 22.0 Å². The van der Waals surface area contributed by atoms with Crippen LogP contribution in [0.2, 0.25) is 0 Å². The van der Waals surface area contributed by atoms with Gasteiger partial charge in [0.1, 0.15) is 5.75 Å². The number of hydrogen-bond donors (Lipinski definition) is 1. The number of alkyl halides is 3. The highest BCUT2D eigenvalue weighted by Crippen LogP contribution is 2.31. The van der Waals surface area contributed by atoms with Gasteiger partial charge >= 0.3 is 6.36 Å². The molecule has 0 fully saturated rings. The number of benzene rings is 1. The summed E-state index contributed by atoms with van der Waals surface area (Å²) in [4.78, 5) is 4.96. The van der Waals surface area contributed by atoms with Crippen molar-refractivity contribution in [2.45, 2.75) is 32.5 Å². The van der Waals surface area contributed by atoms with Crippen molar-refractivity contribution in [1.82, 2.24) is 4.98 Å². The number of hydrogen-bond acceptors (Lipinski definition) is 4. The van der Waals surface area contributed by atoms with Crippen LogP contribution >= 0.6 is 23.6 Å². The predicted octanol–water partition coefficient (Wildman–Crippen LogP) is 5.12. The third-order valence-corrected chi connectivity index (χ3v) is 3.84. The largest absolute Gasteiger partial charge is 0.573 e. The Morgan fingerprint density at radius 1 is 1.43 bits per heavy atom. The average Bonchev–Trinajstić information content (AvgIpc) is 2.75. The molecule has 3 nitrogen and oxygen atoms in total. The maximum Gasteiger partial charge on any atom is 0.573 e. The van der Waals surface area contributed by atoms with Gasteiger partial charge < -0.3 is 10.1 Å². The monoisotopic (exact) mass is 334 g/mol. The Morgan fingerprint density at radius 2 is 2.19 bits per heavy atom. The van der Waals surface area contributed by atoms with Crippen LogP contribution in [-0.4, -0.2) is 16.3 Å². The second kappa shape index (κ2) is 6.57. The lowest BCUT2D eigenvalue weighted by Gasteiger charge is -2.07. The van der Waals surface area contributed by atoms with E-state index in [-0.39, 0.29) is 5.75 Å². The topological polar surface area (TPSA) is 34.2 Å². The van der Waals surface area contributed by atoms with Gasteiger partial charge in [-0.05, 0) is 25.0 Å². The quantitative estimate of drug-likeness (QED) is 0.769. The zero-order chi connectivity index (χ0) is 15.5. The summed E-state index contributed by atoms with van der Waals surface area (Å²) in [5.74, 6) is -0.251. The van der Waals surface area contributed by atoms with Crippen LogP contribution in [0.15, 0.2) is 18.2 Å². The van der Waals surface area contributed by atoms with Crippen LogP contribution in [-0.2, 0) is 0 Å². The van der Waals surface area contributed by atoms with Gasteiger partial charge in [-0.2, -0.15) is 0 Å². The number of nitrogens with one attached hydrogen (secondary N) is 1. The third-order valence-electron chi connectivity index (χ3n) is 2.60. The number of anilines is 1. The Hall–Kier alpha value is -1.41. The minimum atomic E-state index is -4.69. The standard InChI is InChI=1S/C13H13F3N2OS2/c1-2-3-4-11(20)18-12-17-9-6-5-8(7-10(9)21-12)19-13(14,15)16/h5-7H,2-4H2,1H3,(H,17,18,20). The number of ether oxygens (including phenoxy) is 1. The molecule has 0 radical (unpaired) electrons. The summed E-state index contributed by atoms with van der Waals surface area (Å²) >= 11 is 6.43. The van der Waals surface area contributed by atoms with Gasteiger partial charge in [0.2, 0.25) is 0 Å². The van der Waals surface area contributed by atoms with Gasteiger partial charge in [0, 0.05) is 6.07 Å². The van der Waals surface area contributed by atoms with Gasteiger partial charge in [-0.15, -0.1) is 13.2 Å². The van der Waals surface area contributed by atoms with Crippen LogP contribution in [0, 0.1) is 0 Å². The molecule has 1 aromatic carbocycles. The normalized spacial score (nSPS) is 11.6. The second-order valence-electron chi connectivity index (χ2n) is 4.35. The van der Waals surface area contributed by atoms with E-state index in [1.807, 2.05) is 0 Å². The number of unbranched alkanes of at least 4 members (excludes halogenated alkanes) is 1. The Bertz CT molecular complexity index is 640. The Labute approximate surface area is 129 Å². The van der Waals surface area contributed by atoms with E-state index >= 15 is 0 Å². The fourth-order valence-corrected chi connectivity index (χ4v) is 2.90. The lowest BCUT2D eigenvalue weighted by molar-refractivity contribution is -0.274. The maximum atomic E-state index is 12.2. The number of thiazole rings is 1. The van der Waals surface area contributed by atoms with Crippen LogP contribution in [0.25, 0.3) is 10.2 Å². The number of thiocarbonyl (C=S) groups is 1. The van der Waals surface area contributed by atoms with E-state index in [1.54, 1.807) is 0 Å². The molecule has 2 rings (SSSR count). The highest BCUT2D eigenvalue weighted by molar-refractivity contribution is 7.80. The summed E-state index contributed by atoms with van der Waals surface area (Å²) in [6.45, 7) is 2.07. The molecule has 0 amide bonds. The molecule has 1 aromatic heterocycles. The molecule has 114 valence electrons. The van der Waals surface area contributed by atoms with Crippen molar-refractivity contribution >= 4 is 43.9 Å². The molecule has 1 heterocycles. The Balaban J connectivity index is 2.12. The first-order valence-corrected chi connectivity index (χ1v) is 7.56. The van der Waals surface area contributed by atoms with Gasteiger partial charge in [0.25, 0.3) is 0 Å². The smallest absolute Gasteiger partial charge is 0.406 e. The molecule has 2 aromatic rings. The fraction of sp³-hybridized carbons (Fsp3) is 0.385. The molecule has 0 aliphatic heterocycles. The number of fused-ring (bicyclic) bond motifs is 1. The molecule has 0 aliphatic rings. The van der Waals surface area contributed by atoms with Crippen molar-refractivity contribution in [2.75, 3.05) is 5.32 Å². The molecule has 0 spiro atoms. The van der Waals surface area contributed by atoms with Crippen molar-refractivity contribution < 1.29 is 17.9 Å². The zero-order valence-electron chi connectivity index (χ0n) is 11.2. The predicted molar refractivity (Wildman–Crippen MR) is 82.0 cm³/mol. The molecule has 8 heteroatoms. The number of halogens is 3. The molecule has 0 saturated heterocycles. The van der Waals surface area contributed by atoms with E-state index in [4.69, 9.17) is 12.2 Å². The van der Waals surface area contributed by atoms with Gasteiger partial charge in [-0.3, -0.25) is 0 Å². The highest BCUT2D eigenvalue weighted by Gasteiger charge is 2.31. The van der Waals surface area contributed by atoms with Crippen molar-refractivity contribution in [3.8, 4) is 5.75 Å². The van der Waals surface area contributed by atoms with Gasteiger partial charge in [0.05, 0.1) is 15.2 Å². The van der Waals surface area contributed by atoms with E-state index in [0.29, 0.717) is 20.3 Å². The Morgan fingerprint density at radius 3 is 2.86 bits per heavy atom. The molecular weight excluding hydrogens is 321 g/mol. The Kier molecular flexibility index (Phi) is 5.00. The van der Waals surface area contributed by atoms with Crippen LogP contribution < -0.4 is 10.1 Å². The molecule has 21 heavy (non-hydrogen) atoms. The number of rotatable bonds is 5. The fourth-order valence-electron chi connectivity index (χ4n) is 1.67. The zero-order valence-corrected chi connectivity index (χ0v) is 12.8. The van der Waals surface area contributed by atoms with E-state index in [9.17, 15) is 13.2 Å².